The molecule has 0 amide bonds. The third-order valence-corrected chi connectivity index (χ3v) is 5.48. The van der Waals surface area contributed by atoms with Gasteiger partial charge < -0.3 is 9.47 Å². The maximum absolute atomic E-state index is 12.9. The number of carbonyl (C=O) groups is 2. The molecule has 0 N–H and O–H groups in total. The van der Waals surface area contributed by atoms with Crippen molar-refractivity contribution in [3.05, 3.63) is 22.8 Å². The summed E-state index contributed by atoms with van der Waals surface area (Å²) in [6.07, 6.45) is 2.57. The standard InChI is InChI=1S/C21H30O4/c1-7-14(22)10-11-21(4)18(23)9-8-15-19(21)17(24-5)12-16(13(2)3)20(15)25-6/h12-13H,7-11H2,1-6H3/t21-/m0/s1. The van der Waals surface area contributed by atoms with Gasteiger partial charge in [-0.15, -0.1) is 0 Å². The number of rotatable bonds is 7. The molecule has 1 aliphatic carbocycles. The van der Waals surface area contributed by atoms with Crippen molar-refractivity contribution in [1.29, 1.82) is 0 Å². The minimum atomic E-state index is -0.702. The molecule has 0 aliphatic heterocycles. The summed E-state index contributed by atoms with van der Waals surface area (Å²) < 4.78 is 11.4. The van der Waals surface area contributed by atoms with E-state index in [2.05, 4.69) is 13.8 Å². The summed E-state index contributed by atoms with van der Waals surface area (Å²) in [6.45, 7) is 8.06. The van der Waals surface area contributed by atoms with Crippen LogP contribution in [0.2, 0.25) is 0 Å². The molecule has 1 aliphatic rings. The van der Waals surface area contributed by atoms with Gasteiger partial charge in [0.05, 0.1) is 19.6 Å². The summed E-state index contributed by atoms with van der Waals surface area (Å²) in [5.41, 5.74) is 2.37. The largest absolute Gasteiger partial charge is 0.496 e. The smallest absolute Gasteiger partial charge is 0.143 e. The Hall–Kier alpha value is -1.84. The Morgan fingerprint density at radius 3 is 2.44 bits per heavy atom. The second-order valence-electron chi connectivity index (χ2n) is 7.36. The lowest BCUT2D eigenvalue weighted by atomic mass is 9.66. The van der Waals surface area contributed by atoms with Crippen LogP contribution in [0.25, 0.3) is 0 Å². The van der Waals surface area contributed by atoms with E-state index in [1.807, 2.05) is 19.9 Å². The summed E-state index contributed by atoms with van der Waals surface area (Å²) in [4.78, 5) is 24.7. The van der Waals surface area contributed by atoms with Crippen LogP contribution < -0.4 is 9.47 Å². The summed E-state index contributed by atoms with van der Waals surface area (Å²) in [7, 11) is 3.32. The second kappa shape index (κ2) is 7.59. The molecule has 0 heterocycles. The second-order valence-corrected chi connectivity index (χ2v) is 7.36. The molecule has 1 atom stereocenters. The summed E-state index contributed by atoms with van der Waals surface area (Å²) in [5.74, 6) is 2.26. The fourth-order valence-corrected chi connectivity index (χ4v) is 3.87. The van der Waals surface area contributed by atoms with Gasteiger partial charge in [-0.25, -0.2) is 0 Å². The Morgan fingerprint density at radius 2 is 1.92 bits per heavy atom. The van der Waals surface area contributed by atoms with E-state index in [-0.39, 0.29) is 11.6 Å². The van der Waals surface area contributed by atoms with Crippen molar-refractivity contribution in [1.82, 2.24) is 0 Å². The highest BCUT2D eigenvalue weighted by Gasteiger charge is 2.43. The number of ketones is 2. The lowest BCUT2D eigenvalue weighted by Crippen LogP contribution is -2.38. The van der Waals surface area contributed by atoms with E-state index in [9.17, 15) is 9.59 Å². The normalized spacial score (nSPS) is 19.7. The van der Waals surface area contributed by atoms with Crippen LogP contribution in [-0.2, 0) is 21.4 Å². The Morgan fingerprint density at radius 1 is 1.24 bits per heavy atom. The molecular formula is C21H30O4. The van der Waals surface area contributed by atoms with E-state index in [1.165, 1.54) is 0 Å². The van der Waals surface area contributed by atoms with Crippen LogP contribution in [0, 0.1) is 0 Å². The predicted molar refractivity (Wildman–Crippen MR) is 98.8 cm³/mol. The monoisotopic (exact) mass is 346 g/mol. The third-order valence-electron chi connectivity index (χ3n) is 5.48. The van der Waals surface area contributed by atoms with E-state index in [4.69, 9.17) is 9.47 Å². The maximum atomic E-state index is 12.9. The highest BCUT2D eigenvalue weighted by molar-refractivity contribution is 5.94. The van der Waals surface area contributed by atoms with Crippen LogP contribution in [-0.4, -0.2) is 25.8 Å². The molecule has 0 radical (unpaired) electrons. The average molecular weight is 346 g/mol. The SMILES string of the molecule is CCC(=O)CC[C@@]1(C)C(=O)CCc2c(OC)c(C(C)C)cc(OC)c21. The van der Waals surface area contributed by atoms with Crippen LogP contribution in [0.5, 0.6) is 11.5 Å². The van der Waals surface area contributed by atoms with E-state index in [0.717, 1.165) is 28.2 Å². The van der Waals surface area contributed by atoms with Gasteiger partial charge in [0.2, 0.25) is 0 Å². The third kappa shape index (κ3) is 3.44. The quantitative estimate of drug-likeness (QED) is 0.736. The number of fused-ring (bicyclic) bond motifs is 1. The van der Waals surface area contributed by atoms with Gasteiger partial charge in [-0.05, 0) is 31.7 Å². The van der Waals surface area contributed by atoms with Gasteiger partial charge in [0.15, 0.2) is 0 Å². The van der Waals surface area contributed by atoms with Crippen molar-refractivity contribution in [2.75, 3.05) is 14.2 Å². The Bertz CT molecular complexity index is 675. The molecule has 0 saturated heterocycles. The lowest BCUT2D eigenvalue weighted by Gasteiger charge is -2.37. The summed E-state index contributed by atoms with van der Waals surface area (Å²) in [5, 5.41) is 0. The number of benzene rings is 1. The van der Waals surface area contributed by atoms with Gasteiger partial charge in [0.25, 0.3) is 0 Å². The lowest BCUT2D eigenvalue weighted by molar-refractivity contribution is -0.125. The Balaban J connectivity index is 2.66. The first-order valence-electron chi connectivity index (χ1n) is 9.13. The molecule has 4 heteroatoms. The molecule has 0 aromatic heterocycles. The van der Waals surface area contributed by atoms with E-state index in [1.54, 1.807) is 14.2 Å². The van der Waals surface area contributed by atoms with E-state index < -0.39 is 5.41 Å². The Labute approximate surface area is 150 Å². The van der Waals surface area contributed by atoms with Crippen LogP contribution >= 0.6 is 0 Å². The first-order chi connectivity index (χ1) is 11.8. The predicted octanol–water partition coefficient (Wildman–Crippen LogP) is 4.36. The van der Waals surface area contributed by atoms with Gasteiger partial charge >= 0.3 is 0 Å². The molecule has 2 rings (SSSR count). The van der Waals surface area contributed by atoms with Crippen LogP contribution in [0.3, 0.4) is 0 Å². The van der Waals surface area contributed by atoms with Crippen molar-refractivity contribution in [2.45, 2.75) is 71.1 Å². The van der Waals surface area contributed by atoms with Crippen molar-refractivity contribution >= 4 is 11.6 Å². The minimum Gasteiger partial charge on any atom is -0.496 e. The van der Waals surface area contributed by atoms with E-state index >= 15 is 0 Å². The molecular weight excluding hydrogens is 316 g/mol. The first kappa shape index (κ1) is 19.5. The number of carbonyl (C=O) groups excluding carboxylic acids is 2. The van der Waals surface area contributed by atoms with Crippen molar-refractivity contribution < 1.29 is 19.1 Å². The molecule has 0 saturated carbocycles. The van der Waals surface area contributed by atoms with Crippen LogP contribution in [0.1, 0.15) is 76.0 Å². The fourth-order valence-electron chi connectivity index (χ4n) is 3.87. The van der Waals surface area contributed by atoms with E-state index in [0.29, 0.717) is 38.0 Å². The first-order valence-corrected chi connectivity index (χ1v) is 9.13. The van der Waals surface area contributed by atoms with Crippen molar-refractivity contribution in [2.24, 2.45) is 0 Å². The maximum Gasteiger partial charge on any atom is 0.143 e. The molecule has 4 nitrogen and oxygen atoms in total. The highest BCUT2D eigenvalue weighted by Crippen LogP contribution is 2.49. The van der Waals surface area contributed by atoms with Crippen molar-refractivity contribution in [3.63, 3.8) is 0 Å². The molecule has 0 bridgehead atoms. The molecule has 25 heavy (non-hydrogen) atoms. The zero-order valence-corrected chi connectivity index (χ0v) is 16.3. The number of Topliss-reactive ketones (excluding diaryl/α,β-unsaturated/α-hetero) is 2. The zero-order chi connectivity index (χ0) is 18.8. The van der Waals surface area contributed by atoms with Gasteiger partial charge in [-0.1, -0.05) is 20.8 Å². The molecule has 0 fully saturated rings. The Kier molecular flexibility index (Phi) is 5.91. The number of methoxy groups -OCH3 is 2. The molecule has 0 spiro atoms. The minimum absolute atomic E-state index is 0.182. The van der Waals surface area contributed by atoms with Crippen LogP contribution in [0.15, 0.2) is 6.07 Å². The van der Waals surface area contributed by atoms with Gasteiger partial charge in [-0.2, -0.15) is 0 Å². The fraction of sp³-hybridized carbons (Fsp3) is 0.619. The van der Waals surface area contributed by atoms with Gasteiger partial charge in [-0.3, -0.25) is 9.59 Å². The molecule has 0 unspecified atom stereocenters. The van der Waals surface area contributed by atoms with Crippen LogP contribution in [0.4, 0.5) is 0 Å². The van der Waals surface area contributed by atoms with Gasteiger partial charge in [0, 0.05) is 36.0 Å². The van der Waals surface area contributed by atoms with Crippen molar-refractivity contribution in [3.8, 4) is 11.5 Å². The summed E-state index contributed by atoms with van der Waals surface area (Å²) >= 11 is 0. The highest BCUT2D eigenvalue weighted by atomic mass is 16.5. The summed E-state index contributed by atoms with van der Waals surface area (Å²) in [6, 6.07) is 2.00. The molecule has 138 valence electrons. The number of hydrogen-bond donors (Lipinski definition) is 0. The topological polar surface area (TPSA) is 52.6 Å². The zero-order valence-electron chi connectivity index (χ0n) is 16.3. The van der Waals surface area contributed by atoms with Gasteiger partial charge in [0.1, 0.15) is 23.1 Å². The average Bonchev–Trinajstić information content (AvgIpc) is 2.61. The molecule has 1 aromatic rings. The number of hydrogen-bond acceptors (Lipinski definition) is 4. The number of ether oxygens (including phenoxy) is 2. The molecule has 1 aromatic carbocycles.